The molecule has 4 nitrogen and oxygen atoms in total. The highest BCUT2D eigenvalue weighted by Gasteiger charge is 2.11. The van der Waals surface area contributed by atoms with Gasteiger partial charge in [-0.25, -0.2) is 0 Å². The van der Waals surface area contributed by atoms with Crippen molar-refractivity contribution in [2.45, 2.75) is 188 Å². The van der Waals surface area contributed by atoms with Gasteiger partial charge in [-0.2, -0.15) is 0 Å². The largest absolute Gasteiger partial charge is 0.468 e. The molecule has 4 heteroatoms. The van der Waals surface area contributed by atoms with Gasteiger partial charge in [-0.15, -0.1) is 0 Å². The maximum Gasteiger partial charge on any atom is 0.305 e. The standard InChI is InChI=1S/C35H68O4/c1-4-7-10-11-12-13-16-21-26-34(31-38-32-36)27-22-17-14-15-18-23-28-35(37)39-30-29-33(24-19-8-5-2)25-20-9-6-3/h32-34H,4-31H2,1-3H3. The van der Waals surface area contributed by atoms with E-state index in [1.165, 1.54) is 135 Å². The molecule has 39 heavy (non-hydrogen) atoms. The Morgan fingerprint density at radius 3 is 1.46 bits per heavy atom. The third kappa shape index (κ3) is 28.3. The van der Waals surface area contributed by atoms with Crippen molar-refractivity contribution in [2.75, 3.05) is 13.2 Å². The van der Waals surface area contributed by atoms with Crippen LogP contribution in [0.1, 0.15) is 188 Å². The Bertz CT molecular complexity index is 497. The quantitative estimate of drug-likeness (QED) is 0.0473. The summed E-state index contributed by atoms with van der Waals surface area (Å²) in [4.78, 5) is 22.8. The molecule has 0 bridgehead atoms. The number of hydrogen-bond acceptors (Lipinski definition) is 4. The summed E-state index contributed by atoms with van der Waals surface area (Å²) in [7, 11) is 0. The topological polar surface area (TPSA) is 52.6 Å². The molecular formula is C35H68O4. The van der Waals surface area contributed by atoms with Gasteiger partial charge in [0, 0.05) is 6.42 Å². The number of unbranched alkanes of at least 4 members (excludes halogenated alkanes) is 16. The molecule has 0 aromatic heterocycles. The van der Waals surface area contributed by atoms with Crippen LogP contribution in [0.3, 0.4) is 0 Å². The fraction of sp³-hybridized carbons (Fsp3) is 0.943. The van der Waals surface area contributed by atoms with Gasteiger partial charge >= 0.3 is 5.97 Å². The fourth-order valence-electron chi connectivity index (χ4n) is 5.67. The minimum absolute atomic E-state index is 0.00477. The lowest BCUT2D eigenvalue weighted by Crippen LogP contribution is -2.10. The second-order valence-corrected chi connectivity index (χ2v) is 12.1. The maximum atomic E-state index is 12.2. The van der Waals surface area contributed by atoms with Crippen LogP contribution in [0, 0.1) is 11.8 Å². The van der Waals surface area contributed by atoms with Crippen molar-refractivity contribution < 1.29 is 19.1 Å². The molecule has 0 heterocycles. The molecule has 1 unspecified atom stereocenters. The zero-order valence-electron chi connectivity index (χ0n) is 26.7. The Balaban J connectivity index is 3.80. The first kappa shape index (κ1) is 37.9. The zero-order chi connectivity index (χ0) is 28.7. The van der Waals surface area contributed by atoms with Crippen molar-refractivity contribution in [3.63, 3.8) is 0 Å². The van der Waals surface area contributed by atoms with E-state index in [0.29, 0.717) is 32.0 Å². The SMILES string of the molecule is CCCCCCCCCCC(CCCCCCCCC(=O)OCCC(CCCCC)CCCCC)COC=O. The lowest BCUT2D eigenvalue weighted by molar-refractivity contribution is -0.144. The van der Waals surface area contributed by atoms with E-state index in [-0.39, 0.29) is 5.97 Å². The van der Waals surface area contributed by atoms with Crippen LogP contribution < -0.4 is 0 Å². The average molecular weight is 553 g/mol. The first-order chi connectivity index (χ1) is 19.2. The Labute approximate surface area is 244 Å². The van der Waals surface area contributed by atoms with Gasteiger partial charge in [-0.3, -0.25) is 9.59 Å². The molecule has 0 aliphatic heterocycles. The second-order valence-electron chi connectivity index (χ2n) is 12.1. The summed E-state index contributed by atoms with van der Waals surface area (Å²) in [5.74, 6) is 1.23. The minimum Gasteiger partial charge on any atom is -0.468 e. The maximum absolute atomic E-state index is 12.2. The van der Waals surface area contributed by atoms with E-state index in [0.717, 1.165) is 31.6 Å². The first-order valence-electron chi connectivity index (χ1n) is 17.4. The molecule has 232 valence electrons. The lowest BCUT2D eigenvalue weighted by Gasteiger charge is -2.16. The number of hydrogen-bond donors (Lipinski definition) is 0. The lowest BCUT2D eigenvalue weighted by atomic mass is 9.92. The first-order valence-corrected chi connectivity index (χ1v) is 17.4. The van der Waals surface area contributed by atoms with E-state index in [1.807, 2.05) is 0 Å². The van der Waals surface area contributed by atoms with Crippen LogP contribution in [-0.2, 0) is 19.1 Å². The van der Waals surface area contributed by atoms with Gasteiger partial charge in [0.2, 0.25) is 0 Å². The minimum atomic E-state index is -0.00477. The van der Waals surface area contributed by atoms with E-state index in [4.69, 9.17) is 9.47 Å². The van der Waals surface area contributed by atoms with E-state index < -0.39 is 0 Å². The van der Waals surface area contributed by atoms with Crippen LogP contribution >= 0.6 is 0 Å². The van der Waals surface area contributed by atoms with Crippen LogP contribution in [-0.4, -0.2) is 25.7 Å². The molecular weight excluding hydrogens is 484 g/mol. The predicted molar refractivity (Wildman–Crippen MR) is 167 cm³/mol. The van der Waals surface area contributed by atoms with Gasteiger partial charge in [0.15, 0.2) is 0 Å². The fourth-order valence-corrected chi connectivity index (χ4v) is 5.67. The predicted octanol–water partition coefficient (Wildman–Crippen LogP) is 11.1. The molecule has 1 atom stereocenters. The summed E-state index contributed by atoms with van der Waals surface area (Å²) in [5.41, 5.74) is 0. The summed E-state index contributed by atoms with van der Waals surface area (Å²) in [5, 5.41) is 0. The molecule has 0 saturated heterocycles. The number of carbonyl (C=O) groups excluding carboxylic acids is 2. The van der Waals surface area contributed by atoms with Crippen molar-refractivity contribution in [3.8, 4) is 0 Å². The monoisotopic (exact) mass is 553 g/mol. The highest BCUT2D eigenvalue weighted by Crippen LogP contribution is 2.22. The van der Waals surface area contributed by atoms with Crippen LogP contribution in [0.25, 0.3) is 0 Å². The van der Waals surface area contributed by atoms with Crippen molar-refractivity contribution in [1.29, 1.82) is 0 Å². The van der Waals surface area contributed by atoms with Crippen molar-refractivity contribution >= 4 is 12.4 Å². The van der Waals surface area contributed by atoms with Crippen LogP contribution in [0.15, 0.2) is 0 Å². The molecule has 0 aromatic rings. The molecule has 0 rings (SSSR count). The van der Waals surface area contributed by atoms with E-state index >= 15 is 0 Å². The highest BCUT2D eigenvalue weighted by atomic mass is 16.5. The molecule has 0 spiro atoms. The van der Waals surface area contributed by atoms with Crippen molar-refractivity contribution in [3.05, 3.63) is 0 Å². The average Bonchev–Trinajstić information content (AvgIpc) is 2.94. The van der Waals surface area contributed by atoms with Gasteiger partial charge in [-0.05, 0) is 37.5 Å². The van der Waals surface area contributed by atoms with Crippen LogP contribution in [0.2, 0.25) is 0 Å². The number of ether oxygens (including phenoxy) is 2. The van der Waals surface area contributed by atoms with Crippen LogP contribution in [0.5, 0.6) is 0 Å². The summed E-state index contributed by atoms with van der Waals surface area (Å²) >= 11 is 0. The highest BCUT2D eigenvalue weighted by molar-refractivity contribution is 5.69. The number of esters is 1. The summed E-state index contributed by atoms with van der Waals surface area (Å²) < 4.78 is 10.7. The molecule has 0 amide bonds. The normalized spacial score (nSPS) is 12.1. The van der Waals surface area contributed by atoms with E-state index in [9.17, 15) is 9.59 Å². The molecule has 0 aliphatic rings. The van der Waals surface area contributed by atoms with Crippen LogP contribution in [0.4, 0.5) is 0 Å². The second kappa shape index (κ2) is 31.5. The molecule has 0 radical (unpaired) electrons. The Hall–Kier alpha value is -1.06. The summed E-state index contributed by atoms with van der Waals surface area (Å²) in [6, 6.07) is 0. The van der Waals surface area contributed by atoms with Gasteiger partial charge in [-0.1, -0.05) is 156 Å². The summed E-state index contributed by atoms with van der Waals surface area (Å²) in [6.07, 6.45) is 32.0. The molecule has 0 aliphatic carbocycles. The van der Waals surface area contributed by atoms with E-state index in [1.54, 1.807) is 0 Å². The Morgan fingerprint density at radius 1 is 0.538 bits per heavy atom. The Morgan fingerprint density at radius 2 is 0.949 bits per heavy atom. The molecule has 0 fully saturated rings. The third-order valence-corrected chi connectivity index (χ3v) is 8.33. The number of rotatable bonds is 32. The smallest absolute Gasteiger partial charge is 0.305 e. The third-order valence-electron chi connectivity index (χ3n) is 8.33. The molecule has 0 saturated carbocycles. The van der Waals surface area contributed by atoms with Gasteiger partial charge in [0.1, 0.15) is 0 Å². The van der Waals surface area contributed by atoms with Gasteiger partial charge < -0.3 is 9.47 Å². The summed E-state index contributed by atoms with van der Waals surface area (Å²) in [6.45, 7) is 8.58. The van der Waals surface area contributed by atoms with Crippen molar-refractivity contribution in [1.82, 2.24) is 0 Å². The Kier molecular flexibility index (Phi) is 30.6. The van der Waals surface area contributed by atoms with Crippen molar-refractivity contribution in [2.24, 2.45) is 11.8 Å². The van der Waals surface area contributed by atoms with Gasteiger partial charge in [0.25, 0.3) is 6.47 Å². The van der Waals surface area contributed by atoms with Gasteiger partial charge in [0.05, 0.1) is 13.2 Å². The molecule has 0 aromatic carbocycles. The molecule has 0 N–H and O–H groups in total. The number of carbonyl (C=O) groups is 2. The van der Waals surface area contributed by atoms with E-state index in [2.05, 4.69) is 20.8 Å². The zero-order valence-corrected chi connectivity index (χ0v) is 26.7.